The third-order valence-electron chi connectivity index (χ3n) is 4.91. The van der Waals surface area contributed by atoms with Crippen LogP contribution in [0.1, 0.15) is 11.1 Å². The number of carbonyl (C=O) groups excluding carboxylic acids is 1. The molecule has 2 heterocycles. The van der Waals surface area contributed by atoms with Gasteiger partial charge >= 0.3 is 0 Å². The molecule has 0 aliphatic rings. The lowest BCUT2D eigenvalue weighted by atomic mass is 10.1. The molecule has 0 radical (unpaired) electrons. The average Bonchev–Trinajstić information content (AvgIpc) is 3.24. The van der Waals surface area contributed by atoms with Gasteiger partial charge in [0.05, 0.1) is 0 Å². The van der Waals surface area contributed by atoms with Gasteiger partial charge in [0, 0.05) is 17.3 Å². The van der Waals surface area contributed by atoms with Gasteiger partial charge in [-0.3, -0.25) is 14.2 Å². The lowest BCUT2D eigenvalue weighted by Gasteiger charge is -2.12. The third-order valence-corrected chi connectivity index (χ3v) is 4.91. The second-order valence-electron chi connectivity index (χ2n) is 6.92. The molecule has 0 aliphatic carbocycles. The summed E-state index contributed by atoms with van der Waals surface area (Å²) in [5.41, 5.74) is 3.62. The quantitative estimate of drug-likeness (QED) is 0.550. The monoisotopic (exact) mass is 400 g/mol. The predicted octanol–water partition coefficient (Wildman–Crippen LogP) is 3.82. The SMILES string of the molecule is Cc1cccc(NC(=O)Cn2c(-c3nc(-c4ccccc4)no3)cccc2=O)c1C. The largest absolute Gasteiger partial charge is 0.332 e. The first-order valence-corrected chi connectivity index (χ1v) is 9.48. The van der Waals surface area contributed by atoms with E-state index in [-0.39, 0.29) is 23.9 Å². The van der Waals surface area contributed by atoms with E-state index in [1.165, 1.54) is 10.6 Å². The number of amides is 1. The van der Waals surface area contributed by atoms with Crippen molar-refractivity contribution in [1.29, 1.82) is 0 Å². The number of aryl methyl sites for hydroxylation is 1. The normalized spacial score (nSPS) is 10.7. The van der Waals surface area contributed by atoms with E-state index >= 15 is 0 Å². The van der Waals surface area contributed by atoms with Crippen LogP contribution in [0, 0.1) is 13.8 Å². The van der Waals surface area contributed by atoms with Gasteiger partial charge in [-0.05, 0) is 37.1 Å². The summed E-state index contributed by atoms with van der Waals surface area (Å²) in [6.07, 6.45) is 0. The molecule has 7 nitrogen and oxygen atoms in total. The summed E-state index contributed by atoms with van der Waals surface area (Å²) in [4.78, 5) is 29.6. The van der Waals surface area contributed by atoms with E-state index in [0.717, 1.165) is 22.4 Å². The maximum atomic E-state index is 12.7. The van der Waals surface area contributed by atoms with Gasteiger partial charge in [0.15, 0.2) is 0 Å². The first-order valence-electron chi connectivity index (χ1n) is 9.48. The van der Waals surface area contributed by atoms with Gasteiger partial charge in [-0.15, -0.1) is 0 Å². The Morgan fingerprint density at radius 1 is 1.00 bits per heavy atom. The maximum Gasteiger partial charge on any atom is 0.274 e. The molecule has 4 rings (SSSR count). The first kappa shape index (κ1) is 19.3. The Bertz CT molecular complexity index is 1260. The average molecular weight is 400 g/mol. The number of hydrogen-bond acceptors (Lipinski definition) is 5. The number of nitrogens with one attached hydrogen (secondary N) is 1. The summed E-state index contributed by atoms with van der Waals surface area (Å²) in [5, 5.41) is 6.87. The molecule has 0 spiro atoms. The summed E-state index contributed by atoms with van der Waals surface area (Å²) < 4.78 is 6.71. The fraction of sp³-hybridized carbons (Fsp3) is 0.130. The highest BCUT2D eigenvalue weighted by molar-refractivity contribution is 5.91. The molecule has 7 heteroatoms. The Morgan fingerprint density at radius 2 is 1.77 bits per heavy atom. The fourth-order valence-electron chi connectivity index (χ4n) is 3.12. The highest BCUT2D eigenvalue weighted by Gasteiger charge is 2.17. The molecule has 0 fully saturated rings. The van der Waals surface area contributed by atoms with E-state index in [0.29, 0.717) is 11.5 Å². The third kappa shape index (κ3) is 3.91. The number of pyridine rings is 1. The number of aromatic nitrogens is 3. The summed E-state index contributed by atoms with van der Waals surface area (Å²) in [7, 11) is 0. The van der Waals surface area contributed by atoms with Gasteiger partial charge in [0.25, 0.3) is 11.4 Å². The predicted molar refractivity (Wildman–Crippen MR) is 114 cm³/mol. The minimum Gasteiger partial charge on any atom is -0.332 e. The van der Waals surface area contributed by atoms with Crippen LogP contribution in [0.25, 0.3) is 23.0 Å². The van der Waals surface area contributed by atoms with Crippen molar-refractivity contribution in [3.8, 4) is 23.0 Å². The molecular weight excluding hydrogens is 380 g/mol. The van der Waals surface area contributed by atoms with Gasteiger partial charge in [-0.1, -0.05) is 53.7 Å². The smallest absolute Gasteiger partial charge is 0.274 e. The molecule has 150 valence electrons. The van der Waals surface area contributed by atoms with Gasteiger partial charge in [0.1, 0.15) is 12.2 Å². The van der Waals surface area contributed by atoms with Crippen LogP contribution in [0.3, 0.4) is 0 Å². The fourth-order valence-corrected chi connectivity index (χ4v) is 3.12. The molecule has 4 aromatic rings. The second-order valence-corrected chi connectivity index (χ2v) is 6.92. The molecule has 30 heavy (non-hydrogen) atoms. The molecule has 0 saturated carbocycles. The minimum atomic E-state index is -0.330. The van der Waals surface area contributed by atoms with E-state index in [4.69, 9.17) is 4.52 Å². The van der Waals surface area contributed by atoms with E-state index in [1.54, 1.807) is 12.1 Å². The highest BCUT2D eigenvalue weighted by atomic mass is 16.5. The zero-order valence-electron chi connectivity index (χ0n) is 16.6. The molecule has 0 aliphatic heterocycles. The maximum absolute atomic E-state index is 12.7. The molecule has 0 saturated heterocycles. The number of anilines is 1. The van der Waals surface area contributed by atoms with Crippen LogP contribution in [0.5, 0.6) is 0 Å². The zero-order chi connectivity index (χ0) is 21.1. The topological polar surface area (TPSA) is 90.0 Å². The van der Waals surface area contributed by atoms with Crippen LogP contribution in [0.2, 0.25) is 0 Å². The van der Waals surface area contributed by atoms with Crippen molar-refractivity contribution >= 4 is 11.6 Å². The molecular formula is C23H20N4O3. The first-order chi connectivity index (χ1) is 14.5. The molecule has 1 N–H and O–H groups in total. The number of hydrogen-bond donors (Lipinski definition) is 1. The van der Waals surface area contributed by atoms with E-state index in [2.05, 4.69) is 15.5 Å². The van der Waals surface area contributed by atoms with Crippen LogP contribution in [-0.4, -0.2) is 20.6 Å². The van der Waals surface area contributed by atoms with Gasteiger partial charge in [-0.25, -0.2) is 0 Å². The van der Waals surface area contributed by atoms with Crippen molar-refractivity contribution in [3.05, 3.63) is 88.2 Å². The molecule has 0 bridgehead atoms. The lowest BCUT2D eigenvalue weighted by molar-refractivity contribution is -0.116. The van der Waals surface area contributed by atoms with E-state index in [1.807, 2.05) is 62.4 Å². The number of carbonyl (C=O) groups is 1. The molecule has 1 amide bonds. The number of nitrogens with zero attached hydrogens (tertiary/aromatic N) is 3. The van der Waals surface area contributed by atoms with Crippen molar-refractivity contribution in [2.75, 3.05) is 5.32 Å². The van der Waals surface area contributed by atoms with Crippen molar-refractivity contribution in [2.24, 2.45) is 0 Å². The standard InChI is InChI=1S/C23H20N4O3/c1-15-8-6-11-18(16(15)2)24-20(28)14-27-19(12-7-13-21(27)29)23-25-22(26-30-23)17-9-4-3-5-10-17/h3-13H,14H2,1-2H3,(H,24,28). The molecule has 2 aromatic carbocycles. The van der Waals surface area contributed by atoms with Crippen LogP contribution >= 0.6 is 0 Å². The number of rotatable bonds is 5. The number of benzene rings is 2. The van der Waals surface area contributed by atoms with Crippen molar-refractivity contribution < 1.29 is 9.32 Å². The molecule has 0 unspecified atom stereocenters. The lowest BCUT2D eigenvalue weighted by Crippen LogP contribution is -2.28. The van der Waals surface area contributed by atoms with Crippen LogP contribution in [0.4, 0.5) is 5.69 Å². The second kappa shape index (κ2) is 8.16. The van der Waals surface area contributed by atoms with Crippen molar-refractivity contribution in [1.82, 2.24) is 14.7 Å². The van der Waals surface area contributed by atoms with Gasteiger partial charge in [-0.2, -0.15) is 4.98 Å². The Labute approximate surface area is 173 Å². The van der Waals surface area contributed by atoms with Crippen LogP contribution in [-0.2, 0) is 11.3 Å². The Kier molecular flexibility index (Phi) is 5.26. The van der Waals surface area contributed by atoms with Gasteiger partial charge in [0.2, 0.25) is 11.7 Å². The Balaban J connectivity index is 1.63. The van der Waals surface area contributed by atoms with E-state index in [9.17, 15) is 9.59 Å². The Hall–Kier alpha value is -4.00. The minimum absolute atomic E-state index is 0.172. The van der Waals surface area contributed by atoms with Crippen LogP contribution in [0.15, 0.2) is 76.0 Å². The molecule has 2 aromatic heterocycles. The van der Waals surface area contributed by atoms with Crippen molar-refractivity contribution in [2.45, 2.75) is 20.4 Å². The van der Waals surface area contributed by atoms with Crippen LogP contribution < -0.4 is 10.9 Å². The summed E-state index contributed by atoms with van der Waals surface area (Å²) in [6.45, 7) is 3.74. The highest BCUT2D eigenvalue weighted by Crippen LogP contribution is 2.22. The summed E-state index contributed by atoms with van der Waals surface area (Å²) in [6, 6.07) is 19.7. The Morgan fingerprint density at radius 3 is 2.57 bits per heavy atom. The van der Waals surface area contributed by atoms with Crippen molar-refractivity contribution in [3.63, 3.8) is 0 Å². The summed E-state index contributed by atoms with van der Waals surface area (Å²) >= 11 is 0. The summed E-state index contributed by atoms with van der Waals surface area (Å²) in [5.74, 6) is 0.264. The van der Waals surface area contributed by atoms with Gasteiger partial charge < -0.3 is 9.84 Å². The molecule has 0 atom stereocenters. The van der Waals surface area contributed by atoms with E-state index < -0.39 is 0 Å². The zero-order valence-corrected chi connectivity index (χ0v) is 16.6.